The number of hydrogen-bond donors (Lipinski definition) is 2. The third-order valence-electron chi connectivity index (χ3n) is 5.67. The summed E-state index contributed by atoms with van der Waals surface area (Å²) in [6.45, 7) is 1.92. The van der Waals surface area contributed by atoms with Crippen LogP contribution in [0.1, 0.15) is 34.5 Å². The lowest BCUT2D eigenvalue weighted by molar-refractivity contribution is -0.132. The Morgan fingerprint density at radius 3 is 2.26 bits per heavy atom. The van der Waals surface area contributed by atoms with Crippen molar-refractivity contribution in [1.29, 1.82) is 0 Å². The minimum Gasteiger partial charge on any atom is -0.508 e. The highest BCUT2D eigenvalue weighted by Gasteiger charge is 2.47. The van der Waals surface area contributed by atoms with Crippen LogP contribution in [0.25, 0.3) is 5.76 Å². The van der Waals surface area contributed by atoms with Crippen LogP contribution >= 0.6 is 0 Å². The van der Waals surface area contributed by atoms with E-state index in [1.165, 1.54) is 48.4 Å². The van der Waals surface area contributed by atoms with Crippen molar-refractivity contribution in [1.82, 2.24) is 0 Å². The van der Waals surface area contributed by atoms with Gasteiger partial charge in [-0.2, -0.15) is 0 Å². The summed E-state index contributed by atoms with van der Waals surface area (Å²) >= 11 is 0. The van der Waals surface area contributed by atoms with Crippen molar-refractivity contribution in [2.24, 2.45) is 0 Å². The van der Waals surface area contributed by atoms with E-state index in [1.54, 1.807) is 43.3 Å². The van der Waals surface area contributed by atoms with Crippen LogP contribution < -0.4 is 9.64 Å². The number of methoxy groups -OCH3 is 1. The summed E-state index contributed by atoms with van der Waals surface area (Å²) in [5, 5.41) is 21.0. The van der Waals surface area contributed by atoms with Gasteiger partial charge >= 0.3 is 5.97 Å². The number of nitrogens with zero attached hydrogens (tertiary/aromatic N) is 1. The van der Waals surface area contributed by atoms with E-state index in [0.717, 1.165) is 0 Å². The van der Waals surface area contributed by atoms with Gasteiger partial charge in [-0.1, -0.05) is 24.3 Å². The third kappa shape index (κ3) is 4.33. The molecule has 0 saturated carbocycles. The average Bonchev–Trinajstić information content (AvgIpc) is 3.14. The van der Waals surface area contributed by atoms with Crippen LogP contribution in [0.4, 0.5) is 5.69 Å². The van der Waals surface area contributed by atoms with Crippen molar-refractivity contribution >= 4 is 29.1 Å². The van der Waals surface area contributed by atoms with E-state index < -0.39 is 23.7 Å². The first kappa shape index (κ1) is 23.6. The molecule has 1 saturated heterocycles. The molecule has 1 heterocycles. The zero-order valence-corrected chi connectivity index (χ0v) is 19.1. The zero-order chi connectivity index (χ0) is 25.1. The van der Waals surface area contributed by atoms with Gasteiger partial charge in [0.25, 0.3) is 11.7 Å². The normalized spacial score (nSPS) is 16.9. The van der Waals surface area contributed by atoms with Gasteiger partial charge in [0.2, 0.25) is 0 Å². The molecular formula is C27H23NO7. The second-order valence-corrected chi connectivity index (χ2v) is 7.73. The largest absolute Gasteiger partial charge is 0.508 e. The maximum atomic E-state index is 13.2. The van der Waals surface area contributed by atoms with Gasteiger partial charge in [0.15, 0.2) is 0 Å². The summed E-state index contributed by atoms with van der Waals surface area (Å²) in [4.78, 5) is 39.8. The van der Waals surface area contributed by atoms with Crippen LogP contribution in [0.5, 0.6) is 11.5 Å². The van der Waals surface area contributed by atoms with Gasteiger partial charge in [-0.15, -0.1) is 0 Å². The summed E-state index contributed by atoms with van der Waals surface area (Å²) in [6.07, 6.45) is 0. The molecule has 3 aromatic carbocycles. The van der Waals surface area contributed by atoms with E-state index in [0.29, 0.717) is 22.6 Å². The molecule has 3 aromatic rings. The maximum Gasteiger partial charge on any atom is 0.338 e. The van der Waals surface area contributed by atoms with Crippen LogP contribution in [0, 0.1) is 0 Å². The summed E-state index contributed by atoms with van der Waals surface area (Å²) in [7, 11) is 1.44. The SMILES string of the molecule is CCOC(=O)c1ccc(N2C(=O)C(=O)/C(=C(/O)c3ccccc3OC)C2c2ccc(O)cc2)cc1. The molecule has 1 unspecified atom stereocenters. The van der Waals surface area contributed by atoms with Gasteiger partial charge in [0.1, 0.15) is 17.3 Å². The number of ether oxygens (including phenoxy) is 2. The van der Waals surface area contributed by atoms with Crippen LogP contribution in [-0.2, 0) is 14.3 Å². The van der Waals surface area contributed by atoms with Crippen molar-refractivity contribution in [2.45, 2.75) is 13.0 Å². The molecular weight excluding hydrogens is 450 g/mol. The van der Waals surface area contributed by atoms with E-state index in [2.05, 4.69) is 0 Å². The summed E-state index contributed by atoms with van der Waals surface area (Å²) in [5.74, 6) is -2.27. The number of phenolic OH excluding ortho intramolecular Hbond substituents is 1. The minimum absolute atomic E-state index is 0.00854. The molecule has 0 spiro atoms. The number of amides is 1. The lowest BCUT2D eigenvalue weighted by Gasteiger charge is -2.25. The predicted molar refractivity (Wildman–Crippen MR) is 128 cm³/mol. The summed E-state index contributed by atoms with van der Waals surface area (Å²) in [5.41, 5.74) is 1.27. The molecule has 0 aliphatic carbocycles. The van der Waals surface area contributed by atoms with Crippen molar-refractivity contribution in [3.05, 3.63) is 95.1 Å². The van der Waals surface area contributed by atoms with Crippen molar-refractivity contribution in [3.8, 4) is 11.5 Å². The highest BCUT2D eigenvalue weighted by molar-refractivity contribution is 6.51. The van der Waals surface area contributed by atoms with Crippen molar-refractivity contribution < 1.29 is 34.1 Å². The molecule has 4 rings (SSSR count). The molecule has 1 amide bonds. The molecule has 178 valence electrons. The number of aliphatic hydroxyl groups is 1. The molecule has 8 nitrogen and oxygen atoms in total. The second-order valence-electron chi connectivity index (χ2n) is 7.73. The van der Waals surface area contributed by atoms with Gasteiger partial charge in [-0.25, -0.2) is 4.79 Å². The van der Waals surface area contributed by atoms with E-state index in [4.69, 9.17) is 9.47 Å². The molecule has 1 atom stereocenters. The van der Waals surface area contributed by atoms with Crippen LogP contribution in [0.2, 0.25) is 0 Å². The number of carbonyl (C=O) groups excluding carboxylic acids is 3. The molecule has 1 aliphatic heterocycles. The van der Waals surface area contributed by atoms with E-state index in [-0.39, 0.29) is 29.3 Å². The van der Waals surface area contributed by atoms with Gasteiger partial charge in [0.05, 0.1) is 36.5 Å². The average molecular weight is 473 g/mol. The fraction of sp³-hybridized carbons (Fsp3) is 0.148. The van der Waals surface area contributed by atoms with Crippen molar-refractivity contribution in [3.63, 3.8) is 0 Å². The topological polar surface area (TPSA) is 113 Å². The Bertz CT molecular complexity index is 1310. The molecule has 0 aromatic heterocycles. The van der Waals surface area contributed by atoms with E-state index in [1.807, 2.05) is 0 Å². The van der Waals surface area contributed by atoms with Crippen LogP contribution in [0.3, 0.4) is 0 Å². The van der Waals surface area contributed by atoms with E-state index >= 15 is 0 Å². The smallest absolute Gasteiger partial charge is 0.338 e. The number of rotatable bonds is 6. The summed E-state index contributed by atoms with van der Waals surface area (Å²) < 4.78 is 10.3. The molecule has 1 fully saturated rings. The van der Waals surface area contributed by atoms with Gasteiger partial charge in [-0.05, 0) is 61.0 Å². The number of carbonyl (C=O) groups is 3. The minimum atomic E-state index is -0.992. The lowest BCUT2D eigenvalue weighted by atomic mass is 9.94. The number of anilines is 1. The number of Topliss-reactive ketones (excluding diaryl/α,β-unsaturated/α-hetero) is 1. The Hall–Kier alpha value is -4.59. The number of para-hydroxylation sites is 1. The Labute approximate surface area is 201 Å². The first-order chi connectivity index (χ1) is 16.9. The quantitative estimate of drug-likeness (QED) is 0.239. The number of benzene rings is 3. The predicted octanol–water partition coefficient (Wildman–Crippen LogP) is 4.20. The monoisotopic (exact) mass is 473 g/mol. The molecule has 1 aliphatic rings. The highest BCUT2D eigenvalue weighted by atomic mass is 16.5. The zero-order valence-electron chi connectivity index (χ0n) is 19.1. The third-order valence-corrected chi connectivity index (χ3v) is 5.67. The fourth-order valence-corrected chi connectivity index (χ4v) is 4.03. The standard InChI is InChI=1S/C27H23NO7/c1-3-35-27(33)17-8-12-18(13-9-17)28-23(16-10-14-19(29)15-11-16)22(25(31)26(28)32)24(30)20-6-4-5-7-21(20)34-2/h4-15,23,29-30H,3H2,1-2H3/b24-22+. The summed E-state index contributed by atoms with van der Waals surface area (Å²) in [6, 6.07) is 17.7. The van der Waals surface area contributed by atoms with Gasteiger partial charge in [0, 0.05) is 5.69 Å². The fourth-order valence-electron chi connectivity index (χ4n) is 4.03. The Balaban J connectivity index is 1.88. The first-order valence-corrected chi connectivity index (χ1v) is 10.9. The molecule has 35 heavy (non-hydrogen) atoms. The highest BCUT2D eigenvalue weighted by Crippen LogP contribution is 2.43. The van der Waals surface area contributed by atoms with Gasteiger partial charge < -0.3 is 19.7 Å². The van der Waals surface area contributed by atoms with Gasteiger partial charge in [-0.3, -0.25) is 14.5 Å². The Kier molecular flexibility index (Phi) is 6.55. The molecule has 8 heteroatoms. The van der Waals surface area contributed by atoms with Crippen LogP contribution in [0.15, 0.2) is 78.4 Å². The van der Waals surface area contributed by atoms with Crippen molar-refractivity contribution in [2.75, 3.05) is 18.6 Å². The molecule has 0 bridgehead atoms. The van der Waals surface area contributed by atoms with Crippen LogP contribution in [-0.4, -0.2) is 41.6 Å². The first-order valence-electron chi connectivity index (χ1n) is 10.9. The number of aromatic hydroxyl groups is 1. The second kappa shape index (κ2) is 9.72. The molecule has 2 N–H and O–H groups in total. The molecule has 0 radical (unpaired) electrons. The number of ketones is 1. The Morgan fingerprint density at radius 2 is 1.63 bits per heavy atom. The Morgan fingerprint density at radius 1 is 0.971 bits per heavy atom. The van der Waals surface area contributed by atoms with E-state index in [9.17, 15) is 24.6 Å². The lowest BCUT2D eigenvalue weighted by Crippen LogP contribution is -2.29. The number of phenols is 1. The number of hydrogen-bond acceptors (Lipinski definition) is 7. The maximum absolute atomic E-state index is 13.2. The number of esters is 1. The number of aliphatic hydroxyl groups excluding tert-OH is 1.